The highest BCUT2D eigenvalue weighted by atomic mass is 16.5. The van der Waals surface area contributed by atoms with Gasteiger partial charge in [-0.2, -0.15) is 0 Å². The number of anilines is 1. The van der Waals surface area contributed by atoms with E-state index in [2.05, 4.69) is 14.6 Å². The van der Waals surface area contributed by atoms with E-state index in [1.807, 2.05) is 6.07 Å². The third kappa shape index (κ3) is 1.99. The first-order valence-corrected chi connectivity index (χ1v) is 5.14. The molecule has 86 valence electrons. The number of carbonyl (C=O) groups is 1. The molecule has 0 radical (unpaired) electrons. The van der Waals surface area contributed by atoms with Crippen molar-refractivity contribution in [2.45, 2.75) is 0 Å². The Labute approximate surface area is 93.7 Å². The summed E-state index contributed by atoms with van der Waals surface area (Å²) in [6, 6.07) is 3.56. The predicted molar refractivity (Wildman–Crippen MR) is 58.4 cm³/mol. The number of pyridine rings is 1. The van der Waals surface area contributed by atoms with Crippen LogP contribution in [0.25, 0.3) is 0 Å². The highest BCUT2D eigenvalue weighted by Crippen LogP contribution is 2.24. The maximum atomic E-state index is 11.3. The van der Waals surface area contributed by atoms with E-state index in [-0.39, 0.29) is 6.61 Å². The van der Waals surface area contributed by atoms with Gasteiger partial charge in [-0.25, -0.2) is 9.78 Å². The lowest BCUT2D eigenvalue weighted by atomic mass is 10.0. The van der Waals surface area contributed by atoms with Crippen molar-refractivity contribution >= 4 is 11.7 Å². The number of esters is 1. The lowest BCUT2D eigenvalue weighted by molar-refractivity contribution is 0.0594. The molecule has 0 aliphatic carbocycles. The van der Waals surface area contributed by atoms with Crippen molar-refractivity contribution < 1.29 is 14.6 Å². The molecule has 0 spiro atoms. The van der Waals surface area contributed by atoms with Gasteiger partial charge >= 0.3 is 5.97 Å². The van der Waals surface area contributed by atoms with Gasteiger partial charge in [-0.15, -0.1) is 0 Å². The maximum Gasteiger partial charge on any atom is 0.356 e. The number of ether oxygens (including phenoxy) is 1. The number of aliphatic hydroxyl groups excluding tert-OH is 1. The average molecular weight is 222 g/mol. The molecule has 1 N–H and O–H groups in total. The van der Waals surface area contributed by atoms with E-state index in [1.165, 1.54) is 7.11 Å². The van der Waals surface area contributed by atoms with Crippen LogP contribution < -0.4 is 4.90 Å². The molecule has 0 unspecified atom stereocenters. The van der Waals surface area contributed by atoms with Crippen LogP contribution in [0.15, 0.2) is 18.3 Å². The van der Waals surface area contributed by atoms with Gasteiger partial charge in [0.1, 0.15) is 5.69 Å². The normalized spacial score (nSPS) is 15.8. The van der Waals surface area contributed by atoms with E-state index in [0.717, 1.165) is 18.8 Å². The van der Waals surface area contributed by atoms with Gasteiger partial charge in [0.15, 0.2) is 0 Å². The smallest absolute Gasteiger partial charge is 0.356 e. The van der Waals surface area contributed by atoms with Crippen molar-refractivity contribution in [3.63, 3.8) is 0 Å². The Morgan fingerprint density at radius 1 is 1.69 bits per heavy atom. The van der Waals surface area contributed by atoms with Crippen molar-refractivity contribution in [2.24, 2.45) is 5.92 Å². The molecule has 5 nitrogen and oxygen atoms in total. The maximum absolute atomic E-state index is 11.3. The molecule has 1 fully saturated rings. The van der Waals surface area contributed by atoms with Crippen molar-refractivity contribution in [1.29, 1.82) is 0 Å². The van der Waals surface area contributed by atoms with E-state index in [0.29, 0.717) is 11.6 Å². The second kappa shape index (κ2) is 4.49. The zero-order chi connectivity index (χ0) is 11.5. The molecule has 2 heterocycles. The summed E-state index contributed by atoms with van der Waals surface area (Å²) >= 11 is 0. The Hall–Kier alpha value is -1.62. The lowest BCUT2D eigenvalue weighted by Gasteiger charge is -2.40. The van der Waals surface area contributed by atoms with Crippen molar-refractivity contribution in [3.8, 4) is 0 Å². The summed E-state index contributed by atoms with van der Waals surface area (Å²) in [5.41, 5.74) is 1.26. The predicted octanol–water partition coefficient (Wildman–Crippen LogP) is 0.297. The van der Waals surface area contributed by atoms with Gasteiger partial charge < -0.3 is 14.7 Å². The van der Waals surface area contributed by atoms with Gasteiger partial charge in [0.2, 0.25) is 0 Å². The summed E-state index contributed by atoms with van der Waals surface area (Å²) in [7, 11) is 1.34. The zero-order valence-corrected chi connectivity index (χ0v) is 9.09. The van der Waals surface area contributed by atoms with Crippen LogP contribution in [-0.2, 0) is 4.74 Å². The molecule has 0 aromatic carbocycles. The van der Waals surface area contributed by atoms with Gasteiger partial charge in [-0.05, 0) is 12.1 Å². The highest BCUT2D eigenvalue weighted by Gasteiger charge is 2.26. The molecule has 0 amide bonds. The Balaban J connectivity index is 2.09. The van der Waals surface area contributed by atoms with E-state index >= 15 is 0 Å². The van der Waals surface area contributed by atoms with Crippen LogP contribution in [0.3, 0.4) is 0 Å². The van der Waals surface area contributed by atoms with Crippen LogP contribution >= 0.6 is 0 Å². The number of nitrogens with zero attached hydrogens (tertiary/aromatic N) is 2. The van der Waals surface area contributed by atoms with Crippen LogP contribution in [0, 0.1) is 5.92 Å². The molecule has 0 saturated carbocycles. The molecule has 1 aliphatic rings. The number of rotatable bonds is 3. The van der Waals surface area contributed by atoms with Gasteiger partial charge in [0.25, 0.3) is 0 Å². The second-order valence-electron chi connectivity index (χ2n) is 3.84. The van der Waals surface area contributed by atoms with Crippen molar-refractivity contribution in [3.05, 3.63) is 24.0 Å². The molecule has 2 rings (SSSR count). The minimum Gasteiger partial charge on any atom is -0.464 e. The molecular weight excluding hydrogens is 208 g/mol. The Morgan fingerprint density at radius 2 is 2.44 bits per heavy atom. The van der Waals surface area contributed by atoms with Gasteiger partial charge in [0.05, 0.1) is 7.11 Å². The number of methoxy groups -OCH3 is 1. The quantitative estimate of drug-likeness (QED) is 0.745. The van der Waals surface area contributed by atoms with Gasteiger partial charge in [-0.1, -0.05) is 0 Å². The first-order chi connectivity index (χ1) is 7.74. The molecule has 5 heteroatoms. The van der Waals surface area contributed by atoms with Crippen LogP contribution in [0.4, 0.5) is 5.69 Å². The standard InChI is InChI=1S/C11H14N2O3/c1-16-11(15)10-4-9(2-3-12-10)13-5-8(6-13)7-14/h2-4,8,14H,5-7H2,1H3. The fourth-order valence-electron chi connectivity index (χ4n) is 1.73. The topological polar surface area (TPSA) is 62.7 Å². The fraction of sp³-hybridized carbons (Fsp3) is 0.455. The molecule has 1 aliphatic heterocycles. The highest BCUT2D eigenvalue weighted by molar-refractivity contribution is 5.88. The SMILES string of the molecule is COC(=O)c1cc(N2CC(CO)C2)ccn1. The molecule has 0 bridgehead atoms. The molecule has 1 aromatic heterocycles. The van der Waals surface area contributed by atoms with E-state index in [1.54, 1.807) is 12.3 Å². The Morgan fingerprint density at radius 3 is 3.06 bits per heavy atom. The fourth-order valence-corrected chi connectivity index (χ4v) is 1.73. The van der Waals surface area contributed by atoms with Crippen molar-refractivity contribution in [2.75, 3.05) is 31.7 Å². The van der Waals surface area contributed by atoms with Gasteiger partial charge in [-0.3, -0.25) is 0 Å². The van der Waals surface area contributed by atoms with Gasteiger partial charge in [0, 0.05) is 37.5 Å². The summed E-state index contributed by atoms with van der Waals surface area (Å²) in [6.45, 7) is 1.85. The number of aromatic nitrogens is 1. The van der Waals surface area contributed by atoms with Crippen LogP contribution in [0.5, 0.6) is 0 Å². The van der Waals surface area contributed by atoms with E-state index < -0.39 is 5.97 Å². The number of carbonyl (C=O) groups excluding carboxylic acids is 1. The molecule has 16 heavy (non-hydrogen) atoms. The summed E-state index contributed by atoms with van der Waals surface area (Å²) < 4.78 is 4.60. The third-order valence-corrected chi connectivity index (χ3v) is 2.72. The number of hydrogen-bond acceptors (Lipinski definition) is 5. The Kier molecular flexibility index (Phi) is 3.05. The first-order valence-electron chi connectivity index (χ1n) is 5.14. The average Bonchev–Trinajstić information content (AvgIpc) is 2.27. The first kappa shape index (κ1) is 10.9. The van der Waals surface area contributed by atoms with Crippen LogP contribution in [0.1, 0.15) is 10.5 Å². The minimum absolute atomic E-state index is 0.214. The monoisotopic (exact) mass is 222 g/mol. The van der Waals surface area contributed by atoms with E-state index in [4.69, 9.17) is 5.11 Å². The van der Waals surface area contributed by atoms with E-state index in [9.17, 15) is 4.79 Å². The van der Waals surface area contributed by atoms with Crippen molar-refractivity contribution in [1.82, 2.24) is 4.98 Å². The molecule has 1 saturated heterocycles. The summed E-state index contributed by atoms with van der Waals surface area (Å²) in [6.07, 6.45) is 1.59. The van der Waals surface area contributed by atoms with Crippen LogP contribution in [0.2, 0.25) is 0 Å². The molecule has 0 atom stereocenters. The number of hydrogen-bond donors (Lipinski definition) is 1. The van der Waals surface area contributed by atoms with Crippen LogP contribution in [-0.4, -0.2) is 42.9 Å². The zero-order valence-electron chi connectivity index (χ0n) is 9.09. The second-order valence-corrected chi connectivity index (χ2v) is 3.84. The summed E-state index contributed by atoms with van der Waals surface area (Å²) in [5, 5.41) is 8.92. The third-order valence-electron chi connectivity index (χ3n) is 2.72. The number of aliphatic hydroxyl groups is 1. The summed E-state index contributed by atoms with van der Waals surface area (Å²) in [5.74, 6) is -0.0872. The molecular formula is C11H14N2O3. The molecule has 1 aromatic rings. The minimum atomic E-state index is -0.430. The summed E-state index contributed by atoms with van der Waals surface area (Å²) in [4.78, 5) is 17.3. The lowest BCUT2D eigenvalue weighted by Crippen LogP contribution is -2.48. The Bertz CT molecular complexity index is 389. The largest absolute Gasteiger partial charge is 0.464 e.